The van der Waals surface area contributed by atoms with Gasteiger partial charge in [-0.2, -0.15) is 0 Å². The molecule has 4 rings (SSSR count). The van der Waals surface area contributed by atoms with E-state index in [4.69, 9.17) is 5.14 Å². The smallest absolute Gasteiger partial charge is 0.238 e. The molecule has 0 radical (unpaired) electrons. The van der Waals surface area contributed by atoms with Crippen molar-refractivity contribution in [3.8, 4) is 17.1 Å². The second-order valence-corrected chi connectivity index (χ2v) is 9.26. The first-order chi connectivity index (χ1) is 15.8. The van der Waals surface area contributed by atoms with Crippen molar-refractivity contribution < 1.29 is 17.6 Å². The number of nitrogens with two attached hydrogens (primary N) is 1. The fourth-order valence-corrected chi connectivity index (χ4v) is 4.20. The van der Waals surface area contributed by atoms with Crippen LogP contribution in [-0.4, -0.2) is 39.8 Å². The summed E-state index contributed by atoms with van der Waals surface area (Å²) in [6, 6.07) is 14.9. The molecule has 0 aliphatic heterocycles. The van der Waals surface area contributed by atoms with E-state index in [0.29, 0.717) is 22.4 Å². The molecule has 33 heavy (non-hydrogen) atoms. The van der Waals surface area contributed by atoms with E-state index < -0.39 is 10.0 Å². The van der Waals surface area contributed by atoms with E-state index in [-0.39, 0.29) is 22.4 Å². The number of rotatable bonds is 7. The van der Waals surface area contributed by atoms with Crippen molar-refractivity contribution >= 4 is 33.4 Å². The third-order valence-electron chi connectivity index (χ3n) is 4.46. The van der Waals surface area contributed by atoms with Crippen molar-refractivity contribution in [2.24, 2.45) is 5.14 Å². The predicted octanol–water partition coefficient (Wildman–Crippen LogP) is 2.85. The van der Waals surface area contributed by atoms with Crippen LogP contribution >= 0.6 is 11.8 Å². The molecule has 3 N–H and O–H groups in total. The molecule has 0 saturated heterocycles. The highest BCUT2D eigenvalue weighted by Crippen LogP contribution is 2.28. The third kappa shape index (κ3) is 5.42. The van der Waals surface area contributed by atoms with Gasteiger partial charge < -0.3 is 5.32 Å². The summed E-state index contributed by atoms with van der Waals surface area (Å²) in [6.45, 7) is 0. The van der Waals surface area contributed by atoms with E-state index in [1.165, 1.54) is 36.4 Å². The van der Waals surface area contributed by atoms with E-state index in [1.807, 2.05) is 0 Å². The predicted molar refractivity (Wildman–Crippen MR) is 122 cm³/mol. The molecule has 4 aromatic rings. The summed E-state index contributed by atoms with van der Waals surface area (Å²) in [4.78, 5) is 16.4. The summed E-state index contributed by atoms with van der Waals surface area (Å²) in [5.74, 6) is -0.181. The molecule has 0 fully saturated rings. The maximum Gasteiger partial charge on any atom is 0.238 e. The van der Waals surface area contributed by atoms with Crippen LogP contribution in [0.2, 0.25) is 0 Å². The van der Waals surface area contributed by atoms with Crippen LogP contribution in [0.3, 0.4) is 0 Å². The quantitative estimate of drug-likeness (QED) is 0.385. The number of primary sulfonamides is 1. The number of anilines is 1. The summed E-state index contributed by atoms with van der Waals surface area (Å²) >= 11 is 1.15. The number of nitrogens with one attached hydrogen (secondary N) is 1. The molecule has 0 atom stereocenters. The van der Waals surface area contributed by atoms with Crippen LogP contribution in [0.1, 0.15) is 0 Å². The fraction of sp³-hybridized carbons (Fsp3) is 0.0476. The molecule has 2 aromatic carbocycles. The van der Waals surface area contributed by atoms with E-state index >= 15 is 0 Å². The molecule has 9 nitrogen and oxygen atoms in total. The molecule has 0 bridgehead atoms. The third-order valence-corrected chi connectivity index (χ3v) is 6.31. The van der Waals surface area contributed by atoms with Crippen LogP contribution in [-0.2, 0) is 14.8 Å². The minimum Gasteiger partial charge on any atom is -0.325 e. The average molecular weight is 485 g/mol. The molecule has 2 aromatic heterocycles. The lowest BCUT2D eigenvalue weighted by molar-refractivity contribution is -0.113. The highest BCUT2D eigenvalue weighted by atomic mass is 32.2. The maximum absolute atomic E-state index is 13.5. The van der Waals surface area contributed by atoms with Crippen molar-refractivity contribution in [3.63, 3.8) is 0 Å². The Morgan fingerprint density at radius 1 is 1.00 bits per heavy atom. The fourth-order valence-electron chi connectivity index (χ4n) is 2.93. The van der Waals surface area contributed by atoms with Gasteiger partial charge in [-0.3, -0.25) is 14.3 Å². The lowest BCUT2D eigenvalue weighted by Crippen LogP contribution is -2.15. The molecule has 168 valence electrons. The molecular weight excluding hydrogens is 467 g/mol. The van der Waals surface area contributed by atoms with Gasteiger partial charge in [0.15, 0.2) is 11.0 Å². The van der Waals surface area contributed by atoms with Crippen molar-refractivity contribution in [2.45, 2.75) is 10.1 Å². The van der Waals surface area contributed by atoms with Crippen molar-refractivity contribution in [3.05, 3.63) is 78.9 Å². The number of carbonyl (C=O) groups is 1. The number of nitrogens with zero attached hydrogens (tertiary/aromatic N) is 4. The zero-order valence-electron chi connectivity index (χ0n) is 16.9. The van der Waals surface area contributed by atoms with Gasteiger partial charge in [0.05, 0.1) is 10.6 Å². The van der Waals surface area contributed by atoms with Gasteiger partial charge >= 0.3 is 0 Å². The topological polar surface area (TPSA) is 133 Å². The summed E-state index contributed by atoms with van der Waals surface area (Å²) in [5.41, 5.74) is 1.81. The van der Waals surface area contributed by atoms with Crippen LogP contribution in [0.15, 0.2) is 83.1 Å². The number of benzene rings is 2. The number of hydrogen-bond acceptors (Lipinski definition) is 7. The standard InChI is InChI=1S/C21H17FN6O3S2/c22-15-1-5-17(6-2-15)28-20(14-9-11-24-12-10-14)26-27-21(28)32-13-19(29)25-16-3-7-18(8-4-16)33(23,30)31/h1-12H,13H2,(H,25,29)(H2,23,30,31). The van der Waals surface area contributed by atoms with E-state index in [2.05, 4.69) is 20.5 Å². The van der Waals surface area contributed by atoms with E-state index in [9.17, 15) is 17.6 Å². The van der Waals surface area contributed by atoms with Crippen LogP contribution in [0, 0.1) is 5.82 Å². The highest BCUT2D eigenvalue weighted by molar-refractivity contribution is 7.99. The number of halogens is 1. The molecule has 12 heteroatoms. The second-order valence-electron chi connectivity index (χ2n) is 6.76. The van der Waals surface area contributed by atoms with Gasteiger partial charge in [-0.05, 0) is 60.7 Å². The monoisotopic (exact) mass is 484 g/mol. The molecule has 0 unspecified atom stereocenters. The Labute approximate surface area is 192 Å². The first-order valence-corrected chi connectivity index (χ1v) is 12.0. The molecule has 0 saturated carbocycles. The molecule has 0 aliphatic carbocycles. The Morgan fingerprint density at radius 3 is 2.30 bits per heavy atom. The number of aromatic nitrogens is 4. The first kappa shape index (κ1) is 22.6. The maximum atomic E-state index is 13.5. The normalized spacial score (nSPS) is 11.3. The van der Waals surface area contributed by atoms with Gasteiger partial charge in [-0.1, -0.05) is 11.8 Å². The van der Waals surface area contributed by atoms with E-state index in [1.54, 1.807) is 41.2 Å². The Morgan fingerprint density at radius 2 is 1.67 bits per heavy atom. The zero-order valence-corrected chi connectivity index (χ0v) is 18.6. The minimum atomic E-state index is -3.81. The number of pyridine rings is 1. The largest absolute Gasteiger partial charge is 0.325 e. The molecule has 2 heterocycles. The minimum absolute atomic E-state index is 0.00656. The van der Waals surface area contributed by atoms with Crippen molar-refractivity contribution in [1.29, 1.82) is 0 Å². The number of hydrogen-bond donors (Lipinski definition) is 2. The average Bonchev–Trinajstić information content (AvgIpc) is 3.22. The Balaban J connectivity index is 1.54. The molecule has 0 spiro atoms. The Kier molecular flexibility index (Phi) is 6.49. The molecular formula is C21H17FN6O3S2. The summed E-state index contributed by atoms with van der Waals surface area (Å²) < 4.78 is 37.9. The van der Waals surface area contributed by atoms with E-state index in [0.717, 1.165) is 17.3 Å². The van der Waals surface area contributed by atoms with Crippen molar-refractivity contribution in [2.75, 3.05) is 11.1 Å². The molecule has 0 aliphatic rings. The number of thioether (sulfide) groups is 1. The highest BCUT2D eigenvalue weighted by Gasteiger charge is 2.17. The number of amides is 1. The summed E-state index contributed by atoms with van der Waals surface area (Å²) in [6.07, 6.45) is 3.25. The summed E-state index contributed by atoms with van der Waals surface area (Å²) in [5, 5.41) is 16.7. The zero-order chi connectivity index (χ0) is 23.4. The van der Waals surface area contributed by atoms with Crippen LogP contribution in [0.25, 0.3) is 17.1 Å². The Bertz CT molecular complexity index is 1380. The SMILES string of the molecule is NS(=O)(=O)c1ccc(NC(=O)CSc2nnc(-c3ccncc3)n2-c2ccc(F)cc2)cc1. The van der Waals surface area contributed by atoms with Gasteiger partial charge in [0.1, 0.15) is 5.82 Å². The Hall–Kier alpha value is -3.61. The lowest BCUT2D eigenvalue weighted by Gasteiger charge is -2.10. The number of sulfonamides is 1. The van der Waals surface area contributed by atoms with Gasteiger partial charge in [-0.15, -0.1) is 10.2 Å². The van der Waals surface area contributed by atoms with Gasteiger partial charge in [0.25, 0.3) is 0 Å². The van der Waals surface area contributed by atoms with Gasteiger partial charge in [0.2, 0.25) is 15.9 Å². The van der Waals surface area contributed by atoms with Gasteiger partial charge in [0, 0.05) is 29.3 Å². The summed E-state index contributed by atoms with van der Waals surface area (Å²) in [7, 11) is -3.81. The number of carbonyl (C=O) groups excluding carboxylic acids is 1. The lowest BCUT2D eigenvalue weighted by atomic mass is 10.2. The van der Waals surface area contributed by atoms with Crippen LogP contribution in [0.5, 0.6) is 0 Å². The van der Waals surface area contributed by atoms with Gasteiger partial charge in [-0.25, -0.2) is 17.9 Å². The van der Waals surface area contributed by atoms with Crippen LogP contribution < -0.4 is 10.5 Å². The van der Waals surface area contributed by atoms with Crippen LogP contribution in [0.4, 0.5) is 10.1 Å². The van der Waals surface area contributed by atoms with Crippen molar-refractivity contribution in [1.82, 2.24) is 19.7 Å². The second kappa shape index (κ2) is 9.48. The molecule has 1 amide bonds. The first-order valence-electron chi connectivity index (χ1n) is 9.48.